The number of aromatic nitrogens is 1. The lowest BCUT2D eigenvalue weighted by Gasteiger charge is -2.13. The smallest absolute Gasteiger partial charge is 0.336 e. The van der Waals surface area contributed by atoms with E-state index in [2.05, 4.69) is 15.8 Å². The van der Waals surface area contributed by atoms with Crippen LogP contribution in [0.1, 0.15) is 10.4 Å². The Kier molecular flexibility index (Phi) is 6.77. The molecule has 3 N–H and O–H groups in total. The van der Waals surface area contributed by atoms with Crippen molar-refractivity contribution >= 4 is 50.9 Å². The van der Waals surface area contributed by atoms with Crippen LogP contribution in [-0.4, -0.2) is 28.6 Å². The third-order valence-electron chi connectivity index (χ3n) is 6.67. The van der Waals surface area contributed by atoms with Gasteiger partial charge in [-0.3, -0.25) is 24.8 Å². The Hall–Kier alpha value is -6.03. The number of carboxylic acid groups (broad SMARTS) is 1. The van der Waals surface area contributed by atoms with Gasteiger partial charge < -0.3 is 19.7 Å². The first-order valence-corrected chi connectivity index (χ1v) is 12.8. The largest absolute Gasteiger partial charge is 0.481 e. The number of hydrazine groups is 1. The normalized spacial score (nSPS) is 11.6. The summed E-state index contributed by atoms with van der Waals surface area (Å²) in [5.41, 5.74) is 6.15. The van der Waals surface area contributed by atoms with E-state index < -0.39 is 17.3 Å². The Balaban J connectivity index is 1.37. The lowest BCUT2D eigenvalue weighted by Crippen LogP contribution is -2.39. The fourth-order valence-corrected chi connectivity index (χ4v) is 4.81. The topological polar surface area (TPSA) is 148 Å². The number of ether oxygens (including phenoxy) is 1. The maximum Gasteiger partial charge on any atom is 0.336 e. The van der Waals surface area contributed by atoms with Gasteiger partial charge in [0.25, 0.3) is 5.91 Å². The number of benzene rings is 4. The van der Waals surface area contributed by atoms with Crippen molar-refractivity contribution in [1.29, 1.82) is 0 Å². The van der Waals surface area contributed by atoms with Gasteiger partial charge in [-0.25, -0.2) is 4.79 Å². The molecule has 0 bridgehead atoms. The van der Waals surface area contributed by atoms with Gasteiger partial charge in [-0.15, -0.1) is 0 Å². The minimum atomic E-state index is -1.13. The van der Waals surface area contributed by atoms with Crippen LogP contribution in [0, 0.1) is 0 Å². The van der Waals surface area contributed by atoms with Crippen LogP contribution in [-0.2, 0) is 4.79 Å². The predicted molar refractivity (Wildman–Crippen MR) is 157 cm³/mol. The minimum absolute atomic E-state index is 0.0426. The molecule has 6 aromatic rings. The number of aromatic carboxylic acids is 1. The van der Waals surface area contributed by atoms with Crippen LogP contribution in [0.3, 0.4) is 0 Å². The minimum Gasteiger partial charge on any atom is -0.481 e. The van der Waals surface area contributed by atoms with E-state index in [-0.39, 0.29) is 34.0 Å². The van der Waals surface area contributed by atoms with Crippen molar-refractivity contribution in [1.82, 2.24) is 15.8 Å². The molecule has 6 rings (SSSR count). The van der Waals surface area contributed by atoms with E-state index in [1.54, 1.807) is 54.7 Å². The van der Waals surface area contributed by atoms with Crippen LogP contribution >= 0.6 is 0 Å². The van der Waals surface area contributed by atoms with E-state index in [1.807, 2.05) is 12.1 Å². The molecule has 0 saturated heterocycles. The van der Waals surface area contributed by atoms with Crippen LogP contribution in [0.5, 0.6) is 5.75 Å². The number of rotatable bonds is 7. The molecule has 4 aromatic carbocycles. The molecule has 206 valence electrons. The molecule has 1 amide bonds. The number of carbonyl (C=O) groups excluding carboxylic acids is 1. The first kappa shape index (κ1) is 26.2. The molecule has 2 heterocycles. The third-order valence-corrected chi connectivity index (χ3v) is 6.67. The number of hydrogen-bond acceptors (Lipinski definition) is 8. The van der Waals surface area contributed by atoms with Gasteiger partial charge in [-0.1, -0.05) is 36.4 Å². The van der Waals surface area contributed by atoms with E-state index in [1.165, 1.54) is 30.5 Å². The second kappa shape index (κ2) is 10.9. The summed E-state index contributed by atoms with van der Waals surface area (Å²) in [5.74, 6) is -1.21. The van der Waals surface area contributed by atoms with Gasteiger partial charge in [0.05, 0.1) is 10.8 Å². The Labute approximate surface area is 236 Å². The zero-order valence-corrected chi connectivity index (χ0v) is 21.8. The van der Waals surface area contributed by atoms with Crippen molar-refractivity contribution in [2.45, 2.75) is 0 Å². The molecule has 0 atom stereocenters. The monoisotopic (exact) mass is 559 g/mol. The Bertz CT molecular complexity index is 2200. The van der Waals surface area contributed by atoms with Crippen molar-refractivity contribution in [2.24, 2.45) is 0 Å². The van der Waals surface area contributed by atoms with Crippen molar-refractivity contribution in [2.75, 3.05) is 6.61 Å². The molecule has 2 aromatic heterocycles. The third kappa shape index (κ3) is 4.88. The summed E-state index contributed by atoms with van der Waals surface area (Å²) >= 11 is 0. The first-order chi connectivity index (χ1) is 20.4. The van der Waals surface area contributed by atoms with Crippen LogP contribution in [0.25, 0.3) is 50.2 Å². The quantitative estimate of drug-likeness (QED) is 0.198. The number of nitrogens with one attached hydrogen (secondary N) is 2. The molecule has 0 unspecified atom stereocenters. The highest BCUT2D eigenvalue weighted by Gasteiger charge is 2.19. The molecule has 0 radical (unpaired) electrons. The lowest BCUT2D eigenvalue weighted by atomic mass is 9.93. The maximum atomic E-state index is 12.9. The van der Waals surface area contributed by atoms with Crippen LogP contribution < -0.4 is 31.7 Å². The molecule has 42 heavy (non-hydrogen) atoms. The van der Waals surface area contributed by atoms with Gasteiger partial charge >= 0.3 is 5.97 Å². The predicted octanol–water partition coefficient (Wildman–Crippen LogP) is 3.38. The second-order valence-electron chi connectivity index (χ2n) is 9.30. The van der Waals surface area contributed by atoms with Gasteiger partial charge in [-0.05, 0) is 48.0 Å². The molecule has 0 aliphatic heterocycles. The molecule has 0 fully saturated rings. The fourth-order valence-electron chi connectivity index (χ4n) is 4.81. The summed E-state index contributed by atoms with van der Waals surface area (Å²) in [5, 5.41) is 11.7. The van der Waals surface area contributed by atoms with Crippen molar-refractivity contribution in [3.05, 3.63) is 122 Å². The summed E-state index contributed by atoms with van der Waals surface area (Å²) in [6.07, 6.45) is 2.90. The number of pyridine rings is 1. The van der Waals surface area contributed by atoms with Gasteiger partial charge in [0.1, 0.15) is 22.4 Å². The average molecular weight is 560 g/mol. The average Bonchev–Trinajstić information content (AvgIpc) is 3.00. The molecule has 0 aliphatic rings. The number of hydrogen-bond donors (Lipinski definition) is 3. The highest BCUT2D eigenvalue weighted by molar-refractivity contribution is 6.11. The molecule has 0 aliphatic carbocycles. The fraction of sp³-hybridized carbons (Fsp3) is 0.0312. The Morgan fingerprint density at radius 3 is 2.60 bits per heavy atom. The SMILES string of the molecule is O=C(COc1cccc2cccnc12)NN/C=c1\c(=O)ccc2c(-c3ccccc3C(=O)O)c3ccc(=O)cc3oc12. The number of amides is 1. The lowest BCUT2D eigenvalue weighted by molar-refractivity contribution is -0.123. The molecular weight excluding hydrogens is 538 g/mol. The summed E-state index contributed by atoms with van der Waals surface area (Å²) < 4.78 is 11.7. The number of fused-ring (bicyclic) bond motifs is 3. The van der Waals surface area contributed by atoms with Gasteiger partial charge in [0.2, 0.25) is 0 Å². The van der Waals surface area contributed by atoms with Gasteiger partial charge in [-0.2, -0.15) is 0 Å². The number of para-hydroxylation sites is 1. The zero-order chi connectivity index (χ0) is 29.2. The van der Waals surface area contributed by atoms with Crippen molar-refractivity contribution in [3.63, 3.8) is 0 Å². The van der Waals surface area contributed by atoms with E-state index in [4.69, 9.17) is 9.15 Å². The van der Waals surface area contributed by atoms with Gasteiger partial charge in [0.15, 0.2) is 17.5 Å². The van der Waals surface area contributed by atoms with Crippen LogP contribution in [0.15, 0.2) is 105 Å². The van der Waals surface area contributed by atoms with Crippen LogP contribution in [0.2, 0.25) is 0 Å². The van der Waals surface area contributed by atoms with Crippen molar-refractivity contribution < 1.29 is 23.8 Å². The standard InChI is InChI=1S/C32H21N3O7/c36-19-10-11-22-27(15-19)42-31-23(29(22)20-7-1-2-8-21(20)32(39)40)12-13-25(37)24(31)16-34-35-28(38)17-41-26-9-3-5-18-6-4-14-33-30(18)26/h1-16,34H,17H2,(H,35,38)(H,39,40)/b24-16+. The number of nitrogens with zero attached hydrogens (tertiary/aromatic N) is 1. The number of carboxylic acids is 1. The maximum absolute atomic E-state index is 12.9. The zero-order valence-electron chi connectivity index (χ0n) is 21.8. The molecule has 10 nitrogen and oxygen atoms in total. The Morgan fingerprint density at radius 1 is 0.929 bits per heavy atom. The van der Waals surface area contributed by atoms with Crippen LogP contribution in [0.4, 0.5) is 0 Å². The Morgan fingerprint density at radius 2 is 1.74 bits per heavy atom. The molecule has 0 spiro atoms. The van der Waals surface area contributed by atoms with E-state index in [9.17, 15) is 24.3 Å². The summed E-state index contributed by atoms with van der Waals surface area (Å²) in [6.45, 7) is -0.326. The molecule has 10 heteroatoms. The van der Waals surface area contributed by atoms with E-state index >= 15 is 0 Å². The summed E-state index contributed by atoms with van der Waals surface area (Å²) in [6, 6.07) is 22.6. The molecular formula is C32H21N3O7. The van der Waals surface area contributed by atoms with Gasteiger partial charge in [0, 0.05) is 40.2 Å². The molecule has 0 saturated carbocycles. The second-order valence-corrected chi connectivity index (χ2v) is 9.30. The highest BCUT2D eigenvalue weighted by atomic mass is 16.5. The highest BCUT2D eigenvalue weighted by Crippen LogP contribution is 2.36. The van der Waals surface area contributed by atoms with Crippen molar-refractivity contribution in [3.8, 4) is 16.9 Å². The summed E-state index contributed by atoms with van der Waals surface area (Å²) in [4.78, 5) is 54.0. The summed E-state index contributed by atoms with van der Waals surface area (Å²) in [7, 11) is 0. The first-order valence-electron chi connectivity index (χ1n) is 12.8. The van der Waals surface area contributed by atoms with E-state index in [0.717, 1.165) is 5.39 Å². The number of carbonyl (C=O) groups is 2. The van der Waals surface area contributed by atoms with E-state index in [0.29, 0.717) is 33.2 Å².